The first-order chi connectivity index (χ1) is 11.0. The lowest BCUT2D eigenvalue weighted by molar-refractivity contribution is -0.121. The fraction of sp³-hybridized carbons (Fsp3) is 0.222. The third-order valence-electron chi connectivity index (χ3n) is 4.04. The number of aryl methyl sites for hydroxylation is 2. The molecular formula is C18H17FN2O2. The largest absolute Gasteiger partial charge is 0.373 e. The zero-order chi connectivity index (χ0) is 16.6. The molecule has 1 N–H and O–H groups in total. The van der Waals surface area contributed by atoms with E-state index in [1.807, 2.05) is 32.0 Å². The Labute approximate surface area is 133 Å². The number of nitrogens with one attached hydrogen (secondary N) is 1. The van der Waals surface area contributed by atoms with Crippen molar-refractivity contribution in [3.63, 3.8) is 0 Å². The molecule has 0 unspecified atom stereocenters. The van der Waals surface area contributed by atoms with Crippen molar-refractivity contribution in [3.05, 3.63) is 59.4 Å². The van der Waals surface area contributed by atoms with Crippen molar-refractivity contribution in [2.45, 2.75) is 26.3 Å². The fourth-order valence-corrected chi connectivity index (χ4v) is 2.85. The van der Waals surface area contributed by atoms with Gasteiger partial charge in [0.25, 0.3) is 5.91 Å². The van der Waals surface area contributed by atoms with Gasteiger partial charge in [-0.05, 0) is 37.1 Å². The summed E-state index contributed by atoms with van der Waals surface area (Å²) in [6, 6.07) is 10.9. The Bertz CT molecular complexity index is 768. The van der Waals surface area contributed by atoms with E-state index in [0.717, 1.165) is 21.7 Å². The number of carbonyl (C=O) groups excluding carboxylic acids is 2. The SMILES string of the molecule is Cc1cccc(C)c1N[C@@H]1CC(=O)N(c2ccccc2F)C1=O. The first-order valence-electron chi connectivity index (χ1n) is 7.43. The fourth-order valence-electron chi connectivity index (χ4n) is 2.85. The maximum atomic E-state index is 13.9. The van der Waals surface area contributed by atoms with Crippen molar-refractivity contribution in [1.82, 2.24) is 0 Å². The van der Waals surface area contributed by atoms with Crippen molar-refractivity contribution >= 4 is 23.2 Å². The Morgan fingerprint density at radius 1 is 1.04 bits per heavy atom. The van der Waals surface area contributed by atoms with E-state index < -0.39 is 23.7 Å². The highest BCUT2D eigenvalue weighted by molar-refractivity contribution is 6.23. The summed E-state index contributed by atoms with van der Waals surface area (Å²) in [7, 11) is 0. The van der Waals surface area contributed by atoms with Gasteiger partial charge < -0.3 is 5.32 Å². The first kappa shape index (κ1) is 15.2. The molecule has 1 atom stereocenters. The van der Waals surface area contributed by atoms with Gasteiger partial charge in [0.05, 0.1) is 12.1 Å². The average molecular weight is 312 g/mol. The van der Waals surface area contributed by atoms with Crippen LogP contribution >= 0.6 is 0 Å². The monoisotopic (exact) mass is 312 g/mol. The van der Waals surface area contributed by atoms with Crippen LogP contribution in [0.4, 0.5) is 15.8 Å². The minimum atomic E-state index is -0.679. The van der Waals surface area contributed by atoms with Gasteiger partial charge in [0, 0.05) is 5.69 Å². The van der Waals surface area contributed by atoms with Crippen LogP contribution in [-0.4, -0.2) is 17.9 Å². The molecule has 5 heteroatoms. The van der Waals surface area contributed by atoms with Gasteiger partial charge >= 0.3 is 0 Å². The van der Waals surface area contributed by atoms with Crippen molar-refractivity contribution in [1.29, 1.82) is 0 Å². The molecule has 1 fully saturated rings. The van der Waals surface area contributed by atoms with Gasteiger partial charge in [-0.15, -0.1) is 0 Å². The molecule has 0 saturated carbocycles. The van der Waals surface area contributed by atoms with E-state index >= 15 is 0 Å². The molecule has 3 rings (SSSR count). The Hall–Kier alpha value is -2.69. The van der Waals surface area contributed by atoms with Crippen LogP contribution in [0.5, 0.6) is 0 Å². The number of benzene rings is 2. The minimum absolute atomic E-state index is 0.00769. The lowest BCUT2D eigenvalue weighted by Gasteiger charge is -2.18. The summed E-state index contributed by atoms with van der Waals surface area (Å²) >= 11 is 0. The second-order valence-electron chi connectivity index (χ2n) is 5.69. The summed E-state index contributed by atoms with van der Waals surface area (Å²) < 4.78 is 13.9. The maximum Gasteiger partial charge on any atom is 0.256 e. The molecule has 1 heterocycles. The third-order valence-corrected chi connectivity index (χ3v) is 4.04. The number of amides is 2. The van der Waals surface area contributed by atoms with Crippen LogP contribution in [0.1, 0.15) is 17.5 Å². The summed E-state index contributed by atoms with van der Waals surface area (Å²) in [6.07, 6.45) is 0.0148. The topological polar surface area (TPSA) is 49.4 Å². The van der Waals surface area contributed by atoms with E-state index in [2.05, 4.69) is 5.32 Å². The quantitative estimate of drug-likeness (QED) is 0.886. The van der Waals surface area contributed by atoms with Crippen LogP contribution in [0, 0.1) is 19.7 Å². The summed E-state index contributed by atoms with van der Waals surface area (Å²) in [4.78, 5) is 25.7. The highest BCUT2D eigenvalue weighted by Crippen LogP contribution is 2.28. The lowest BCUT2D eigenvalue weighted by atomic mass is 10.1. The Morgan fingerprint density at radius 3 is 2.35 bits per heavy atom. The van der Waals surface area contributed by atoms with Gasteiger partial charge in [-0.3, -0.25) is 9.59 Å². The Kier molecular flexibility index (Phi) is 3.86. The van der Waals surface area contributed by atoms with Crippen LogP contribution in [0.15, 0.2) is 42.5 Å². The molecule has 0 bridgehead atoms. The number of halogens is 1. The number of anilines is 2. The molecule has 1 saturated heterocycles. The van der Waals surface area contributed by atoms with E-state index in [4.69, 9.17) is 0 Å². The summed E-state index contributed by atoms with van der Waals surface area (Å²) in [5.41, 5.74) is 2.84. The number of carbonyl (C=O) groups is 2. The lowest BCUT2D eigenvalue weighted by Crippen LogP contribution is -2.35. The smallest absolute Gasteiger partial charge is 0.256 e. The minimum Gasteiger partial charge on any atom is -0.373 e. The molecule has 23 heavy (non-hydrogen) atoms. The molecular weight excluding hydrogens is 295 g/mol. The van der Waals surface area contributed by atoms with Crippen molar-refractivity contribution in [3.8, 4) is 0 Å². The zero-order valence-corrected chi connectivity index (χ0v) is 13.0. The van der Waals surface area contributed by atoms with E-state index in [1.165, 1.54) is 18.2 Å². The van der Waals surface area contributed by atoms with E-state index in [1.54, 1.807) is 6.07 Å². The van der Waals surface area contributed by atoms with E-state index in [9.17, 15) is 14.0 Å². The standard InChI is InChI=1S/C18H17FN2O2/c1-11-6-5-7-12(2)17(11)20-14-10-16(22)21(18(14)23)15-9-4-3-8-13(15)19/h3-9,14,20H,10H2,1-2H3/t14-/m1/s1. The summed E-state index contributed by atoms with van der Waals surface area (Å²) in [6.45, 7) is 3.87. The van der Waals surface area contributed by atoms with Gasteiger partial charge in [-0.1, -0.05) is 30.3 Å². The van der Waals surface area contributed by atoms with Gasteiger partial charge in [0.2, 0.25) is 5.91 Å². The summed E-state index contributed by atoms with van der Waals surface area (Å²) in [5.74, 6) is -1.41. The zero-order valence-electron chi connectivity index (χ0n) is 13.0. The molecule has 118 valence electrons. The molecule has 1 aliphatic heterocycles. The van der Waals surface area contributed by atoms with Crippen LogP contribution in [0.3, 0.4) is 0 Å². The number of rotatable bonds is 3. The highest BCUT2D eigenvalue weighted by Gasteiger charge is 2.40. The Balaban J connectivity index is 1.89. The second kappa shape index (κ2) is 5.83. The molecule has 1 aliphatic rings. The Morgan fingerprint density at radius 2 is 1.70 bits per heavy atom. The van der Waals surface area contributed by atoms with Crippen LogP contribution in [0.25, 0.3) is 0 Å². The summed E-state index contributed by atoms with van der Waals surface area (Å²) in [5, 5.41) is 3.14. The highest BCUT2D eigenvalue weighted by atomic mass is 19.1. The predicted octanol–water partition coefficient (Wildman–Crippen LogP) is 3.19. The van der Waals surface area contributed by atoms with Crippen molar-refractivity contribution in [2.24, 2.45) is 0 Å². The van der Waals surface area contributed by atoms with Crippen LogP contribution in [0.2, 0.25) is 0 Å². The molecule has 0 spiro atoms. The van der Waals surface area contributed by atoms with Crippen molar-refractivity contribution < 1.29 is 14.0 Å². The molecule has 0 aromatic heterocycles. The van der Waals surface area contributed by atoms with Gasteiger partial charge in [-0.2, -0.15) is 0 Å². The maximum absolute atomic E-state index is 13.9. The van der Waals surface area contributed by atoms with Gasteiger partial charge in [-0.25, -0.2) is 9.29 Å². The van der Waals surface area contributed by atoms with Crippen LogP contribution < -0.4 is 10.2 Å². The average Bonchev–Trinajstić information content (AvgIpc) is 2.78. The predicted molar refractivity (Wildman–Crippen MR) is 86.8 cm³/mol. The van der Waals surface area contributed by atoms with E-state index in [0.29, 0.717) is 0 Å². The molecule has 0 radical (unpaired) electrons. The van der Waals surface area contributed by atoms with Gasteiger partial charge in [0.1, 0.15) is 11.9 Å². The molecule has 2 amide bonds. The number of para-hydroxylation sites is 2. The second-order valence-corrected chi connectivity index (χ2v) is 5.69. The molecule has 2 aromatic rings. The van der Waals surface area contributed by atoms with Crippen molar-refractivity contribution in [2.75, 3.05) is 10.2 Å². The molecule has 4 nitrogen and oxygen atoms in total. The first-order valence-corrected chi connectivity index (χ1v) is 7.43. The van der Waals surface area contributed by atoms with Crippen LogP contribution in [-0.2, 0) is 9.59 Å². The molecule has 2 aromatic carbocycles. The normalized spacial score (nSPS) is 17.7. The number of nitrogens with zero attached hydrogens (tertiary/aromatic N) is 1. The van der Waals surface area contributed by atoms with Gasteiger partial charge in [0.15, 0.2) is 0 Å². The van der Waals surface area contributed by atoms with E-state index in [-0.39, 0.29) is 12.1 Å². The molecule has 0 aliphatic carbocycles. The number of imide groups is 1. The number of hydrogen-bond acceptors (Lipinski definition) is 3. The number of hydrogen-bond donors (Lipinski definition) is 1. The third kappa shape index (κ3) is 2.70.